The molecule has 1 amide bonds. The summed E-state index contributed by atoms with van der Waals surface area (Å²) in [6.45, 7) is 2.97. The number of carbonyl (C=O) groups excluding carboxylic acids is 1. The van der Waals surface area contributed by atoms with Crippen molar-refractivity contribution in [3.05, 3.63) is 27.0 Å². The summed E-state index contributed by atoms with van der Waals surface area (Å²) in [4.78, 5) is 20.1. The van der Waals surface area contributed by atoms with Gasteiger partial charge in [-0.3, -0.25) is 4.79 Å². The Kier molecular flexibility index (Phi) is 3.92. The Morgan fingerprint density at radius 3 is 2.90 bits per heavy atom. The number of hydrogen-bond acceptors (Lipinski definition) is 6. The van der Waals surface area contributed by atoms with Crippen LogP contribution in [-0.2, 0) is 25.9 Å². The lowest BCUT2D eigenvalue weighted by atomic mass is 10.1. The van der Waals surface area contributed by atoms with Gasteiger partial charge in [0.1, 0.15) is 5.69 Å². The van der Waals surface area contributed by atoms with Crippen molar-refractivity contribution >= 4 is 29.7 Å². The molecular weight excluding hydrogens is 312 g/mol. The second kappa shape index (κ2) is 5.70. The van der Waals surface area contributed by atoms with E-state index in [1.807, 2.05) is 4.90 Å². The van der Waals surface area contributed by atoms with Crippen LogP contribution in [0.1, 0.15) is 31.8 Å². The van der Waals surface area contributed by atoms with Crippen molar-refractivity contribution in [3.63, 3.8) is 0 Å². The molecule has 7 nitrogen and oxygen atoms in total. The molecule has 0 spiro atoms. The fourth-order valence-corrected chi connectivity index (χ4v) is 3.67. The van der Waals surface area contributed by atoms with Crippen LogP contribution in [-0.4, -0.2) is 44.3 Å². The number of aromatic nitrogens is 4. The van der Waals surface area contributed by atoms with Crippen molar-refractivity contribution in [1.29, 1.82) is 0 Å². The van der Waals surface area contributed by atoms with E-state index in [2.05, 4.69) is 25.7 Å². The van der Waals surface area contributed by atoms with E-state index in [9.17, 15) is 4.79 Å². The summed E-state index contributed by atoms with van der Waals surface area (Å²) in [5.41, 5.74) is 2.92. The van der Waals surface area contributed by atoms with Crippen LogP contribution >= 0.6 is 23.7 Å². The number of nitrogens with one attached hydrogen (secondary N) is 2. The Hall–Kier alpha value is -1.51. The number of fused-ring (bicyclic) bond motifs is 2. The molecule has 2 aliphatic heterocycles. The maximum atomic E-state index is 12.5. The zero-order valence-electron chi connectivity index (χ0n) is 11.3. The quantitative estimate of drug-likeness (QED) is 0.798. The van der Waals surface area contributed by atoms with Gasteiger partial charge in [0.2, 0.25) is 0 Å². The van der Waals surface area contributed by atoms with E-state index in [-0.39, 0.29) is 18.3 Å². The molecule has 9 heteroatoms. The molecule has 2 aromatic heterocycles. The Bertz CT molecular complexity index is 645. The minimum absolute atomic E-state index is 0. The molecule has 0 radical (unpaired) electrons. The molecule has 0 fully saturated rings. The second-order valence-corrected chi connectivity index (χ2v) is 6.09. The maximum absolute atomic E-state index is 12.5. The summed E-state index contributed by atoms with van der Waals surface area (Å²) in [5, 5.41) is 14.7. The summed E-state index contributed by atoms with van der Waals surface area (Å²) >= 11 is 1.51. The SMILES string of the molecule is Cl.O=C(c1nc2c(s1)CNCC2)N1CCc2n[nH]nc2C1. The van der Waals surface area contributed by atoms with Crippen LogP contribution < -0.4 is 5.32 Å². The smallest absolute Gasteiger partial charge is 0.283 e. The first-order valence-electron chi connectivity index (χ1n) is 6.68. The van der Waals surface area contributed by atoms with E-state index >= 15 is 0 Å². The van der Waals surface area contributed by atoms with Gasteiger partial charge >= 0.3 is 0 Å². The third-order valence-corrected chi connectivity index (χ3v) is 4.82. The Labute approximate surface area is 131 Å². The highest BCUT2D eigenvalue weighted by molar-refractivity contribution is 7.13. The molecule has 2 aromatic rings. The number of rotatable bonds is 1. The van der Waals surface area contributed by atoms with E-state index in [4.69, 9.17) is 0 Å². The molecule has 21 heavy (non-hydrogen) atoms. The molecule has 4 heterocycles. The average Bonchev–Trinajstić information content (AvgIpc) is 3.11. The fraction of sp³-hybridized carbons (Fsp3) is 0.500. The topological polar surface area (TPSA) is 86.8 Å². The van der Waals surface area contributed by atoms with Gasteiger partial charge in [-0.1, -0.05) is 0 Å². The number of nitrogens with zero attached hydrogens (tertiary/aromatic N) is 4. The zero-order chi connectivity index (χ0) is 13.5. The van der Waals surface area contributed by atoms with Crippen molar-refractivity contribution < 1.29 is 4.79 Å². The van der Waals surface area contributed by atoms with Gasteiger partial charge in [0.25, 0.3) is 5.91 Å². The third kappa shape index (κ3) is 2.54. The highest BCUT2D eigenvalue weighted by atomic mass is 35.5. The summed E-state index contributed by atoms with van der Waals surface area (Å²) < 4.78 is 0. The first-order valence-corrected chi connectivity index (χ1v) is 7.50. The van der Waals surface area contributed by atoms with Crippen molar-refractivity contribution in [3.8, 4) is 0 Å². The summed E-state index contributed by atoms with van der Waals surface area (Å²) in [6.07, 6.45) is 1.66. The summed E-state index contributed by atoms with van der Waals surface area (Å²) in [7, 11) is 0. The van der Waals surface area contributed by atoms with Crippen LogP contribution in [0.3, 0.4) is 0 Å². The number of H-pyrrole nitrogens is 1. The lowest BCUT2D eigenvalue weighted by Gasteiger charge is -2.24. The highest BCUT2D eigenvalue weighted by Gasteiger charge is 2.27. The predicted molar refractivity (Wildman–Crippen MR) is 79.6 cm³/mol. The standard InChI is InChI=1S/C12H14N6OS.ClH/c19-12(11-14-8-1-3-13-5-10(8)20-11)18-4-2-7-9(6-18)16-17-15-7;/h13H,1-6H2,(H,15,16,17);1H. The van der Waals surface area contributed by atoms with Crippen molar-refractivity contribution in [2.24, 2.45) is 0 Å². The van der Waals surface area contributed by atoms with Gasteiger partial charge < -0.3 is 10.2 Å². The van der Waals surface area contributed by atoms with E-state index < -0.39 is 0 Å². The molecule has 0 atom stereocenters. The van der Waals surface area contributed by atoms with Gasteiger partial charge in [-0.2, -0.15) is 15.4 Å². The molecule has 0 saturated carbocycles. The fourth-order valence-electron chi connectivity index (χ4n) is 2.63. The summed E-state index contributed by atoms with van der Waals surface area (Å²) in [5.74, 6) is 0.0121. The Balaban J connectivity index is 0.00000132. The number of thiazole rings is 1. The Morgan fingerprint density at radius 1 is 1.19 bits per heavy atom. The lowest BCUT2D eigenvalue weighted by molar-refractivity contribution is 0.0731. The molecular formula is C12H15ClN6OS. The number of halogens is 1. The largest absolute Gasteiger partial charge is 0.330 e. The molecule has 4 rings (SSSR count). The molecule has 2 N–H and O–H groups in total. The number of amides is 1. The lowest BCUT2D eigenvalue weighted by Crippen LogP contribution is -2.36. The predicted octanol–water partition coefficient (Wildman–Crippen LogP) is 0.527. The molecule has 0 aromatic carbocycles. The number of hydrogen-bond donors (Lipinski definition) is 2. The van der Waals surface area contributed by atoms with E-state index in [0.717, 1.165) is 43.0 Å². The minimum atomic E-state index is 0. The highest BCUT2D eigenvalue weighted by Crippen LogP contribution is 2.24. The third-order valence-electron chi connectivity index (χ3n) is 3.73. The number of aromatic amines is 1. The first kappa shape index (κ1) is 14.4. The molecule has 0 saturated heterocycles. The van der Waals surface area contributed by atoms with Crippen LogP contribution in [0.15, 0.2) is 0 Å². The van der Waals surface area contributed by atoms with Crippen LogP contribution in [0.4, 0.5) is 0 Å². The van der Waals surface area contributed by atoms with Gasteiger partial charge in [0, 0.05) is 37.4 Å². The van der Waals surface area contributed by atoms with Gasteiger partial charge in [-0.25, -0.2) is 4.98 Å². The minimum Gasteiger partial charge on any atom is -0.330 e. The summed E-state index contributed by atoms with van der Waals surface area (Å²) in [6, 6.07) is 0. The van der Waals surface area contributed by atoms with Crippen LogP contribution in [0, 0.1) is 0 Å². The van der Waals surface area contributed by atoms with Gasteiger partial charge in [-0.15, -0.1) is 23.7 Å². The van der Waals surface area contributed by atoms with Gasteiger partial charge in [0.05, 0.1) is 17.9 Å². The van der Waals surface area contributed by atoms with Crippen molar-refractivity contribution in [2.45, 2.75) is 25.9 Å². The Morgan fingerprint density at radius 2 is 2.05 bits per heavy atom. The zero-order valence-corrected chi connectivity index (χ0v) is 12.9. The van der Waals surface area contributed by atoms with Crippen LogP contribution in [0.5, 0.6) is 0 Å². The molecule has 2 aliphatic rings. The normalized spacial score (nSPS) is 16.9. The monoisotopic (exact) mass is 326 g/mol. The molecule has 0 aliphatic carbocycles. The average molecular weight is 327 g/mol. The van der Waals surface area contributed by atoms with E-state index in [1.165, 1.54) is 16.2 Å². The van der Waals surface area contributed by atoms with Crippen molar-refractivity contribution in [1.82, 2.24) is 30.6 Å². The second-order valence-electron chi connectivity index (χ2n) is 5.01. The molecule has 0 bridgehead atoms. The molecule has 0 unspecified atom stereocenters. The van der Waals surface area contributed by atoms with Crippen molar-refractivity contribution in [2.75, 3.05) is 13.1 Å². The first-order chi connectivity index (χ1) is 9.81. The van der Waals surface area contributed by atoms with Crippen LogP contribution in [0.25, 0.3) is 0 Å². The van der Waals surface area contributed by atoms with Crippen LogP contribution in [0.2, 0.25) is 0 Å². The van der Waals surface area contributed by atoms with Gasteiger partial charge in [0.15, 0.2) is 5.01 Å². The van der Waals surface area contributed by atoms with E-state index in [0.29, 0.717) is 18.1 Å². The maximum Gasteiger partial charge on any atom is 0.283 e. The van der Waals surface area contributed by atoms with E-state index in [1.54, 1.807) is 0 Å². The molecule has 112 valence electrons. The number of carbonyl (C=O) groups is 1. The van der Waals surface area contributed by atoms with Gasteiger partial charge in [-0.05, 0) is 0 Å².